The van der Waals surface area contributed by atoms with Gasteiger partial charge in [-0.05, 0) is 22.0 Å². The Morgan fingerprint density at radius 2 is 2.06 bits per heavy atom. The summed E-state index contributed by atoms with van der Waals surface area (Å²) >= 11 is 3.02. The summed E-state index contributed by atoms with van der Waals surface area (Å²) < 4.78 is 13.4. The van der Waals surface area contributed by atoms with Crippen LogP contribution in [-0.2, 0) is 0 Å². The van der Waals surface area contributed by atoms with Crippen molar-refractivity contribution in [1.82, 2.24) is 10.2 Å². The SMILES string of the molecule is NC(=O)c1nnc2cc(F)c(Br)cc2c1N. The first-order valence-electron chi connectivity index (χ1n) is 4.21. The molecule has 5 nitrogen and oxygen atoms in total. The van der Waals surface area contributed by atoms with Gasteiger partial charge in [0, 0.05) is 11.5 Å². The average Bonchev–Trinajstić information content (AvgIpc) is 2.21. The minimum Gasteiger partial charge on any atom is -0.396 e. The van der Waals surface area contributed by atoms with Crippen LogP contribution in [0.4, 0.5) is 10.1 Å². The lowest BCUT2D eigenvalue weighted by Gasteiger charge is -2.05. The van der Waals surface area contributed by atoms with Gasteiger partial charge in [0.2, 0.25) is 0 Å². The van der Waals surface area contributed by atoms with E-state index in [-0.39, 0.29) is 21.4 Å². The number of nitrogen functional groups attached to an aromatic ring is 1. The Kier molecular flexibility index (Phi) is 2.47. The van der Waals surface area contributed by atoms with Gasteiger partial charge in [-0.25, -0.2) is 4.39 Å². The number of carbonyl (C=O) groups is 1. The zero-order valence-electron chi connectivity index (χ0n) is 7.87. The first-order valence-corrected chi connectivity index (χ1v) is 5.00. The number of amides is 1. The number of aromatic nitrogens is 2. The van der Waals surface area contributed by atoms with Crippen LogP contribution in [0.2, 0.25) is 0 Å². The van der Waals surface area contributed by atoms with Crippen LogP contribution in [0.5, 0.6) is 0 Å². The van der Waals surface area contributed by atoms with Crippen molar-refractivity contribution in [3.63, 3.8) is 0 Å². The van der Waals surface area contributed by atoms with Crippen LogP contribution in [0.15, 0.2) is 16.6 Å². The summed E-state index contributed by atoms with van der Waals surface area (Å²) in [5.74, 6) is -1.25. The molecule has 1 amide bonds. The minimum absolute atomic E-state index is 0.0956. The fourth-order valence-corrected chi connectivity index (χ4v) is 1.65. The number of nitrogens with zero attached hydrogens (tertiary/aromatic N) is 2. The van der Waals surface area contributed by atoms with Crippen LogP contribution in [0.25, 0.3) is 10.9 Å². The fraction of sp³-hybridized carbons (Fsp3) is 0. The fourth-order valence-electron chi connectivity index (χ4n) is 1.30. The Morgan fingerprint density at radius 3 is 2.69 bits per heavy atom. The molecule has 0 fully saturated rings. The highest BCUT2D eigenvalue weighted by molar-refractivity contribution is 9.10. The number of nitrogens with two attached hydrogens (primary N) is 2. The number of rotatable bonds is 1. The number of benzene rings is 1. The summed E-state index contributed by atoms with van der Waals surface area (Å²) in [4.78, 5) is 11.0. The number of anilines is 1. The molecule has 0 spiro atoms. The van der Waals surface area contributed by atoms with E-state index in [1.54, 1.807) is 0 Å². The molecule has 1 aromatic heterocycles. The Hall–Kier alpha value is -1.76. The van der Waals surface area contributed by atoms with Gasteiger partial charge in [0.15, 0.2) is 5.69 Å². The zero-order valence-corrected chi connectivity index (χ0v) is 9.45. The molecule has 0 radical (unpaired) electrons. The molecular formula is C9H6BrFN4O. The molecule has 16 heavy (non-hydrogen) atoms. The lowest BCUT2D eigenvalue weighted by atomic mass is 10.1. The van der Waals surface area contributed by atoms with Gasteiger partial charge in [-0.3, -0.25) is 4.79 Å². The number of fused-ring (bicyclic) bond motifs is 1. The average molecular weight is 285 g/mol. The first-order chi connectivity index (χ1) is 7.50. The van der Waals surface area contributed by atoms with Crippen molar-refractivity contribution in [2.45, 2.75) is 0 Å². The predicted octanol–water partition coefficient (Wildman–Crippen LogP) is 1.21. The van der Waals surface area contributed by atoms with Crippen LogP contribution in [0.1, 0.15) is 10.5 Å². The molecule has 1 heterocycles. The Labute approximate surface area is 97.8 Å². The normalized spacial score (nSPS) is 10.6. The van der Waals surface area contributed by atoms with Gasteiger partial charge in [-0.15, -0.1) is 10.2 Å². The molecule has 0 saturated heterocycles. The monoisotopic (exact) mass is 284 g/mol. The van der Waals surface area contributed by atoms with Crippen molar-refractivity contribution in [2.75, 3.05) is 5.73 Å². The van der Waals surface area contributed by atoms with Gasteiger partial charge in [-0.1, -0.05) is 0 Å². The molecule has 0 saturated carbocycles. The number of primary amides is 1. The predicted molar refractivity (Wildman–Crippen MR) is 60.1 cm³/mol. The third kappa shape index (κ3) is 1.58. The maximum Gasteiger partial charge on any atom is 0.271 e. The molecule has 0 aliphatic carbocycles. The largest absolute Gasteiger partial charge is 0.396 e. The van der Waals surface area contributed by atoms with Gasteiger partial charge < -0.3 is 11.5 Å². The van der Waals surface area contributed by atoms with Crippen LogP contribution >= 0.6 is 15.9 Å². The summed E-state index contributed by atoms with van der Waals surface area (Å²) in [6.45, 7) is 0. The highest BCUT2D eigenvalue weighted by atomic mass is 79.9. The topological polar surface area (TPSA) is 94.9 Å². The van der Waals surface area contributed by atoms with Gasteiger partial charge in [0.25, 0.3) is 5.91 Å². The Balaban J connectivity index is 2.84. The van der Waals surface area contributed by atoms with Crippen LogP contribution in [0.3, 0.4) is 0 Å². The Morgan fingerprint density at radius 1 is 1.38 bits per heavy atom. The molecule has 2 rings (SSSR count). The molecule has 0 aliphatic heterocycles. The molecular weight excluding hydrogens is 279 g/mol. The quantitative estimate of drug-likeness (QED) is 0.823. The highest BCUT2D eigenvalue weighted by Crippen LogP contribution is 2.26. The third-order valence-electron chi connectivity index (χ3n) is 2.08. The van der Waals surface area contributed by atoms with Gasteiger partial charge >= 0.3 is 0 Å². The second-order valence-corrected chi connectivity index (χ2v) is 3.96. The second-order valence-electron chi connectivity index (χ2n) is 3.11. The molecule has 82 valence electrons. The Bertz CT molecular complexity index is 602. The van der Waals surface area contributed by atoms with E-state index in [0.717, 1.165) is 0 Å². The van der Waals surface area contributed by atoms with Gasteiger partial charge in [-0.2, -0.15) is 0 Å². The van der Waals surface area contributed by atoms with E-state index in [0.29, 0.717) is 5.39 Å². The summed E-state index contributed by atoms with van der Waals surface area (Å²) in [5.41, 5.74) is 11.0. The standard InChI is InChI=1S/C9H6BrFN4O/c10-4-1-3-6(2-5(4)11)14-15-8(7(3)12)9(13)16/h1-2H,(H2,12,14)(H2,13,16). The summed E-state index contributed by atoms with van der Waals surface area (Å²) in [7, 11) is 0. The van der Waals surface area contributed by atoms with Crippen molar-refractivity contribution < 1.29 is 9.18 Å². The van der Waals surface area contributed by atoms with Crippen LogP contribution in [-0.4, -0.2) is 16.1 Å². The van der Waals surface area contributed by atoms with Crippen LogP contribution < -0.4 is 11.5 Å². The molecule has 2 aromatic rings. The van der Waals surface area contributed by atoms with Crippen molar-refractivity contribution in [2.24, 2.45) is 5.73 Å². The molecule has 0 aliphatic rings. The van der Waals surface area contributed by atoms with Crippen molar-refractivity contribution in [1.29, 1.82) is 0 Å². The lowest BCUT2D eigenvalue weighted by molar-refractivity contribution is 0.0996. The molecule has 7 heteroatoms. The minimum atomic E-state index is -0.771. The summed E-state index contributed by atoms with van der Waals surface area (Å²) in [5, 5.41) is 7.65. The molecule has 0 unspecified atom stereocenters. The highest BCUT2D eigenvalue weighted by Gasteiger charge is 2.14. The lowest BCUT2D eigenvalue weighted by Crippen LogP contribution is -2.16. The van der Waals surface area contributed by atoms with E-state index in [1.807, 2.05) is 0 Å². The van der Waals surface area contributed by atoms with Crippen molar-refractivity contribution in [3.8, 4) is 0 Å². The van der Waals surface area contributed by atoms with Crippen LogP contribution in [0, 0.1) is 5.82 Å². The number of halogens is 2. The van der Waals surface area contributed by atoms with Crippen molar-refractivity contribution in [3.05, 3.63) is 28.1 Å². The van der Waals surface area contributed by atoms with E-state index < -0.39 is 11.7 Å². The molecule has 4 N–H and O–H groups in total. The number of carbonyl (C=O) groups excluding carboxylic acids is 1. The van der Waals surface area contributed by atoms with E-state index in [1.165, 1.54) is 12.1 Å². The van der Waals surface area contributed by atoms with E-state index in [2.05, 4.69) is 26.1 Å². The maximum absolute atomic E-state index is 13.2. The first kappa shape index (κ1) is 10.7. The zero-order chi connectivity index (χ0) is 11.9. The molecule has 0 bridgehead atoms. The van der Waals surface area contributed by atoms with E-state index >= 15 is 0 Å². The summed E-state index contributed by atoms with van der Waals surface area (Å²) in [6, 6.07) is 2.61. The molecule has 1 aromatic carbocycles. The number of hydrogen-bond donors (Lipinski definition) is 2. The van der Waals surface area contributed by atoms with Gasteiger partial charge in [0.1, 0.15) is 5.82 Å². The van der Waals surface area contributed by atoms with E-state index in [9.17, 15) is 9.18 Å². The maximum atomic E-state index is 13.2. The molecule has 0 atom stereocenters. The third-order valence-corrected chi connectivity index (χ3v) is 2.68. The number of hydrogen-bond acceptors (Lipinski definition) is 4. The van der Waals surface area contributed by atoms with Gasteiger partial charge in [0.05, 0.1) is 15.7 Å². The van der Waals surface area contributed by atoms with E-state index in [4.69, 9.17) is 11.5 Å². The smallest absolute Gasteiger partial charge is 0.271 e. The second kappa shape index (κ2) is 3.67. The summed E-state index contributed by atoms with van der Waals surface area (Å²) in [6.07, 6.45) is 0. The van der Waals surface area contributed by atoms with Crippen molar-refractivity contribution >= 4 is 38.4 Å².